The quantitative estimate of drug-likeness (QED) is 0.233. The lowest BCUT2D eigenvalue weighted by Gasteiger charge is -2.33. The first-order valence-electron chi connectivity index (χ1n) is 7.14. The summed E-state index contributed by atoms with van der Waals surface area (Å²) in [6.07, 6.45) is 3.19. The second kappa shape index (κ2) is 10.00. The maximum Gasteiger partial charge on any atom is 0.208 e. The number of aliphatic imine (C=N–C) groups is 1. The number of ether oxygens (including phenoxy) is 2. The van der Waals surface area contributed by atoms with Gasteiger partial charge in [-0.25, -0.2) is 5.84 Å². The first-order valence-corrected chi connectivity index (χ1v) is 7.14. The fourth-order valence-corrected chi connectivity index (χ4v) is 2.28. The summed E-state index contributed by atoms with van der Waals surface area (Å²) in [6, 6.07) is 0. The van der Waals surface area contributed by atoms with E-state index in [9.17, 15) is 0 Å². The fraction of sp³-hybridized carbons (Fsp3) is 0.923. The number of hydrogen-bond donors (Lipinski definition) is 2. The lowest BCUT2D eigenvalue weighted by molar-refractivity contribution is 0.118. The molecule has 1 saturated heterocycles. The van der Waals surface area contributed by atoms with Crippen LogP contribution in [0.5, 0.6) is 0 Å². The van der Waals surface area contributed by atoms with E-state index in [1.165, 1.54) is 0 Å². The Hall–Kier alpha value is -0.850. The molecule has 0 saturated carbocycles. The molecule has 1 aliphatic rings. The third-order valence-corrected chi connectivity index (χ3v) is 3.36. The number of hydrazine groups is 1. The highest BCUT2D eigenvalue weighted by atomic mass is 16.5. The molecule has 3 N–H and O–H groups in total. The van der Waals surface area contributed by atoms with E-state index in [-0.39, 0.29) is 0 Å². The van der Waals surface area contributed by atoms with Gasteiger partial charge in [-0.3, -0.25) is 10.4 Å². The lowest BCUT2D eigenvalue weighted by Crippen LogP contribution is -2.48. The van der Waals surface area contributed by atoms with Crippen LogP contribution >= 0.6 is 0 Å². The second-order valence-electron chi connectivity index (χ2n) is 4.79. The van der Waals surface area contributed by atoms with Gasteiger partial charge in [0.1, 0.15) is 0 Å². The molecule has 0 aromatic heterocycles. The first-order chi connectivity index (χ1) is 9.31. The van der Waals surface area contributed by atoms with Crippen molar-refractivity contribution in [2.24, 2.45) is 16.8 Å². The Morgan fingerprint density at radius 1 is 1.42 bits per heavy atom. The maximum absolute atomic E-state index is 5.56. The highest BCUT2D eigenvalue weighted by Gasteiger charge is 2.20. The highest BCUT2D eigenvalue weighted by Crippen LogP contribution is 2.17. The number of rotatable bonds is 7. The number of nitrogens with one attached hydrogen (secondary N) is 1. The van der Waals surface area contributed by atoms with Gasteiger partial charge in [-0.1, -0.05) is 0 Å². The van der Waals surface area contributed by atoms with E-state index >= 15 is 0 Å². The van der Waals surface area contributed by atoms with Crippen LogP contribution in [0.15, 0.2) is 4.99 Å². The van der Waals surface area contributed by atoms with Crippen molar-refractivity contribution < 1.29 is 9.47 Å². The fourth-order valence-electron chi connectivity index (χ4n) is 2.28. The molecule has 1 aliphatic heterocycles. The molecule has 6 nitrogen and oxygen atoms in total. The Bertz CT molecular complexity index is 253. The standard InChI is InChI=1S/C13H28N4O2/c1-3-19-10-4-7-15-13(16-14)17-8-5-12(6-9-17)11-18-2/h12H,3-11,14H2,1-2H3,(H,15,16). The highest BCUT2D eigenvalue weighted by molar-refractivity contribution is 5.79. The SMILES string of the molecule is CCOCCCN=C(NN)N1CCC(COC)CC1. The number of likely N-dealkylation sites (tertiary alicyclic amines) is 1. The average molecular weight is 272 g/mol. The molecular weight excluding hydrogens is 244 g/mol. The van der Waals surface area contributed by atoms with Gasteiger partial charge in [0.05, 0.1) is 0 Å². The summed E-state index contributed by atoms with van der Waals surface area (Å²) in [6.45, 7) is 7.10. The predicted octanol–water partition coefficient (Wildman–Crippen LogP) is 0.591. The maximum atomic E-state index is 5.56. The van der Waals surface area contributed by atoms with Gasteiger partial charge in [0.15, 0.2) is 0 Å². The van der Waals surface area contributed by atoms with Gasteiger partial charge >= 0.3 is 0 Å². The molecule has 1 rings (SSSR count). The van der Waals surface area contributed by atoms with Gasteiger partial charge in [-0.2, -0.15) is 0 Å². The Labute approximate surface area is 116 Å². The van der Waals surface area contributed by atoms with Crippen LogP contribution in [0, 0.1) is 5.92 Å². The van der Waals surface area contributed by atoms with Gasteiger partial charge in [0, 0.05) is 46.6 Å². The molecule has 0 atom stereocenters. The number of methoxy groups -OCH3 is 1. The van der Waals surface area contributed by atoms with Crippen LogP contribution in [0.4, 0.5) is 0 Å². The van der Waals surface area contributed by atoms with Gasteiger partial charge in [-0.05, 0) is 32.1 Å². The molecule has 0 amide bonds. The third-order valence-electron chi connectivity index (χ3n) is 3.36. The number of hydrogen-bond acceptors (Lipinski definition) is 4. The number of nitrogens with zero attached hydrogens (tertiary/aromatic N) is 2. The summed E-state index contributed by atoms with van der Waals surface area (Å²) in [4.78, 5) is 6.72. The molecule has 0 unspecified atom stereocenters. The van der Waals surface area contributed by atoms with Gasteiger partial charge in [0.25, 0.3) is 0 Å². The molecule has 0 aromatic carbocycles. The van der Waals surface area contributed by atoms with E-state index in [0.717, 1.165) is 64.7 Å². The zero-order valence-corrected chi connectivity index (χ0v) is 12.2. The monoisotopic (exact) mass is 272 g/mol. The minimum atomic E-state index is 0.665. The van der Waals surface area contributed by atoms with E-state index in [0.29, 0.717) is 5.92 Å². The van der Waals surface area contributed by atoms with Crippen LogP contribution in [0.1, 0.15) is 26.2 Å². The van der Waals surface area contributed by atoms with Crippen molar-refractivity contribution in [3.8, 4) is 0 Å². The number of piperidine rings is 1. The molecule has 0 radical (unpaired) electrons. The first kappa shape index (κ1) is 16.2. The molecule has 0 aliphatic carbocycles. The largest absolute Gasteiger partial charge is 0.384 e. The number of guanidine groups is 1. The van der Waals surface area contributed by atoms with Crippen LogP contribution < -0.4 is 11.3 Å². The van der Waals surface area contributed by atoms with Crippen molar-refractivity contribution in [3.05, 3.63) is 0 Å². The molecule has 112 valence electrons. The summed E-state index contributed by atoms with van der Waals surface area (Å²) in [7, 11) is 1.76. The summed E-state index contributed by atoms with van der Waals surface area (Å²) in [5, 5.41) is 0. The Morgan fingerprint density at radius 3 is 2.74 bits per heavy atom. The molecule has 1 fully saturated rings. The Morgan fingerprint density at radius 2 is 2.16 bits per heavy atom. The normalized spacial score (nSPS) is 17.8. The van der Waals surface area contributed by atoms with Gasteiger partial charge < -0.3 is 14.4 Å². The molecule has 19 heavy (non-hydrogen) atoms. The second-order valence-corrected chi connectivity index (χ2v) is 4.79. The summed E-state index contributed by atoms with van der Waals surface area (Å²) in [5.41, 5.74) is 2.71. The molecular formula is C13H28N4O2. The molecule has 0 aromatic rings. The van der Waals surface area contributed by atoms with Crippen LogP contribution in [0.25, 0.3) is 0 Å². The molecule has 6 heteroatoms. The zero-order chi connectivity index (χ0) is 13.9. The van der Waals surface area contributed by atoms with Gasteiger partial charge in [-0.15, -0.1) is 0 Å². The van der Waals surface area contributed by atoms with Crippen molar-refractivity contribution in [3.63, 3.8) is 0 Å². The minimum absolute atomic E-state index is 0.665. The molecule has 0 spiro atoms. The van der Waals surface area contributed by atoms with E-state index in [2.05, 4.69) is 15.3 Å². The van der Waals surface area contributed by atoms with Crippen LogP contribution in [0.3, 0.4) is 0 Å². The number of nitrogens with two attached hydrogens (primary N) is 1. The summed E-state index contributed by atoms with van der Waals surface area (Å²) >= 11 is 0. The van der Waals surface area contributed by atoms with Crippen LogP contribution in [-0.2, 0) is 9.47 Å². The van der Waals surface area contributed by atoms with Crippen LogP contribution in [-0.4, -0.2) is 57.4 Å². The predicted molar refractivity (Wildman–Crippen MR) is 76.9 cm³/mol. The van der Waals surface area contributed by atoms with Crippen LogP contribution in [0.2, 0.25) is 0 Å². The van der Waals surface area contributed by atoms with E-state index in [4.69, 9.17) is 15.3 Å². The van der Waals surface area contributed by atoms with E-state index < -0.39 is 0 Å². The van der Waals surface area contributed by atoms with Crippen molar-refractivity contribution in [1.82, 2.24) is 10.3 Å². The third kappa shape index (κ3) is 6.22. The van der Waals surface area contributed by atoms with E-state index in [1.54, 1.807) is 7.11 Å². The van der Waals surface area contributed by atoms with Crippen molar-refractivity contribution >= 4 is 5.96 Å². The minimum Gasteiger partial charge on any atom is -0.384 e. The Kier molecular flexibility index (Phi) is 8.53. The zero-order valence-electron chi connectivity index (χ0n) is 12.2. The topological polar surface area (TPSA) is 72.1 Å². The van der Waals surface area contributed by atoms with Crippen molar-refractivity contribution in [1.29, 1.82) is 0 Å². The average Bonchev–Trinajstić information content (AvgIpc) is 2.44. The summed E-state index contributed by atoms with van der Waals surface area (Å²) < 4.78 is 10.5. The lowest BCUT2D eigenvalue weighted by atomic mass is 9.98. The smallest absolute Gasteiger partial charge is 0.208 e. The van der Waals surface area contributed by atoms with Gasteiger partial charge in [0.2, 0.25) is 5.96 Å². The molecule has 0 bridgehead atoms. The van der Waals surface area contributed by atoms with E-state index in [1.807, 2.05) is 6.92 Å². The van der Waals surface area contributed by atoms with Crippen molar-refractivity contribution in [2.45, 2.75) is 26.2 Å². The summed E-state index contributed by atoms with van der Waals surface area (Å²) in [5.74, 6) is 7.02. The molecule has 1 heterocycles. The Balaban J connectivity index is 2.28. The van der Waals surface area contributed by atoms with Crippen molar-refractivity contribution in [2.75, 3.05) is 46.6 Å².